The number of hydrogen-bond donors (Lipinski definition) is 1. The third-order valence-electron chi connectivity index (χ3n) is 10.7. The number of para-hydroxylation sites is 1. The number of fused-ring (bicyclic) bond motifs is 6. The standard InChI is InChI=1S/C41H41BN2O2/c1-25-34-35(26(2)41(7)36(25)31-20-14-15-21-32(31)44-38(41)28-18-12-9-13-19-28)30-23-22-29(42-46-40(5,6)39(3,4)45)24-33(30)43-37(34)27-16-10-8-11-17-27/h8-24,36,42,45H,1-7H3. The minimum absolute atomic E-state index is 0.0994. The highest BCUT2D eigenvalue weighted by Gasteiger charge is 2.48. The van der Waals surface area contributed by atoms with Crippen molar-refractivity contribution in [3.63, 3.8) is 0 Å². The van der Waals surface area contributed by atoms with Gasteiger partial charge in [0.05, 0.1) is 33.8 Å². The number of aliphatic hydroxyl groups is 1. The lowest BCUT2D eigenvalue weighted by Crippen LogP contribution is -2.50. The topological polar surface area (TPSA) is 54.7 Å². The number of benzene rings is 4. The van der Waals surface area contributed by atoms with Gasteiger partial charge in [0.2, 0.25) is 0 Å². The molecule has 2 unspecified atom stereocenters. The van der Waals surface area contributed by atoms with E-state index in [1.807, 2.05) is 13.8 Å². The van der Waals surface area contributed by atoms with E-state index >= 15 is 0 Å². The van der Waals surface area contributed by atoms with Crippen LogP contribution in [0.2, 0.25) is 0 Å². The lowest BCUT2D eigenvalue weighted by atomic mass is 9.58. The van der Waals surface area contributed by atoms with Crippen LogP contribution in [-0.4, -0.2) is 34.5 Å². The molecule has 1 aliphatic heterocycles. The summed E-state index contributed by atoms with van der Waals surface area (Å²) in [5.41, 5.74) is 9.12. The molecule has 4 nitrogen and oxygen atoms in total. The largest absolute Gasteiger partial charge is 0.427 e. The van der Waals surface area contributed by atoms with Crippen LogP contribution in [0.1, 0.15) is 65.5 Å². The average Bonchev–Trinajstić information content (AvgIpc) is 3.05. The van der Waals surface area contributed by atoms with Gasteiger partial charge in [-0.2, -0.15) is 0 Å². The minimum atomic E-state index is -0.982. The third-order valence-corrected chi connectivity index (χ3v) is 10.7. The van der Waals surface area contributed by atoms with E-state index in [1.54, 1.807) is 13.8 Å². The molecule has 2 aliphatic rings. The fraction of sp³-hybridized carbons (Fsp3) is 0.268. The first-order valence-corrected chi connectivity index (χ1v) is 16.2. The lowest BCUT2D eigenvalue weighted by molar-refractivity contribution is -0.0893. The SMILES string of the molecule is CC1=c2c(-c3ccccc3)nc3cc(BOC(C)(C)C(C)(C)O)ccc3c2=C(C)C2(C)C(c3ccccc3)=Nc3ccccc3C12. The second-order valence-corrected chi connectivity index (χ2v) is 14.1. The summed E-state index contributed by atoms with van der Waals surface area (Å²) in [6, 6.07) is 36.4. The van der Waals surface area contributed by atoms with Crippen LogP contribution in [0, 0.1) is 5.41 Å². The van der Waals surface area contributed by atoms with Gasteiger partial charge in [0, 0.05) is 27.5 Å². The summed E-state index contributed by atoms with van der Waals surface area (Å²) in [5.74, 6) is 0.0994. The highest BCUT2D eigenvalue weighted by atomic mass is 16.5. The molecular formula is C41H41BN2O2. The minimum Gasteiger partial charge on any atom is -0.427 e. The second kappa shape index (κ2) is 10.9. The van der Waals surface area contributed by atoms with Gasteiger partial charge in [0.15, 0.2) is 0 Å². The Kier molecular flexibility index (Phi) is 7.19. The van der Waals surface area contributed by atoms with Crippen molar-refractivity contribution in [2.45, 2.75) is 65.6 Å². The van der Waals surface area contributed by atoms with Crippen LogP contribution in [0.25, 0.3) is 33.3 Å². The van der Waals surface area contributed by atoms with Crippen molar-refractivity contribution in [2.24, 2.45) is 10.4 Å². The van der Waals surface area contributed by atoms with E-state index in [0.29, 0.717) is 7.48 Å². The molecule has 0 saturated heterocycles. The molecule has 0 saturated carbocycles. The number of pyridine rings is 1. The Balaban J connectivity index is 1.55. The van der Waals surface area contributed by atoms with Crippen LogP contribution in [0.5, 0.6) is 0 Å². The van der Waals surface area contributed by atoms with Crippen molar-refractivity contribution >= 4 is 46.4 Å². The van der Waals surface area contributed by atoms with Gasteiger partial charge in [-0.15, -0.1) is 0 Å². The summed E-state index contributed by atoms with van der Waals surface area (Å²) in [6.07, 6.45) is 0. The number of rotatable bonds is 6. The zero-order chi connectivity index (χ0) is 32.4. The fourth-order valence-corrected chi connectivity index (χ4v) is 7.36. The molecule has 230 valence electrons. The summed E-state index contributed by atoms with van der Waals surface area (Å²) >= 11 is 0. The molecule has 7 rings (SSSR count). The number of nitrogens with zero attached hydrogens (tertiary/aromatic N) is 2. The quantitative estimate of drug-likeness (QED) is 0.219. The van der Waals surface area contributed by atoms with Gasteiger partial charge in [0.1, 0.15) is 0 Å². The maximum atomic E-state index is 10.7. The first kappa shape index (κ1) is 30.3. The van der Waals surface area contributed by atoms with Gasteiger partial charge in [-0.05, 0) is 76.9 Å². The Labute approximate surface area is 272 Å². The van der Waals surface area contributed by atoms with Crippen LogP contribution in [0.3, 0.4) is 0 Å². The van der Waals surface area contributed by atoms with Crippen LogP contribution in [-0.2, 0) is 4.65 Å². The van der Waals surface area contributed by atoms with Crippen molar-refractivity contribution in [1.82, 2.24) is 4.98 Å². The van der Waals surface area contributed by atoms with Crippen LogP contribution in [0.4, 0.5) is 5.69 Å². The lowest BCUT2D eigenvalue weighted by Gasteiger charge is -2.46. The zero-order valence-electron chi connectivity index (χ0n) is 27.8. The molecule has 0 amide bonds. The summed E-state index contributed by atoms with van der Waals surface area (Å²) in [7, 11) is 0.377. The molecule has 46 heavy (non-hydrogen) atoms. The van der Waals surface area contributed by atoms with Gasteiger partial charge < -0.3 is 9.76 Å². The van der Waals surface area contributed by atoms with Gasteiger partial charge in [-0.3, -0.25) is 4.99 Å². The molecular weight excluding hydrogens is 563 g/mol. The maximum Gasteiger partial charge on any atom is 0.309 e. The van der Waals surface area contributed by atoms with Gasteiger partial charge in [0.25, 0.3) is 0 Å². The Bertz CT molecular complexity index is 2150. The number of hydrogen-bond acceptors (Lipinski definition) is 4. The molecule has 0 radical (unpaired) electrons. The predicted molar refractivity (Wildman–Crippen MR) is 193 cm³/mol. The van der Waals surface area contributed by atoms with Crippen LogP contribution < -0.4 is 15.9 Å². The molecule has 4 aromatic carbocycles. The fourth-order valence-electron chi connectivity index (χ4n) is 7.36. The summed E-state index contributed by atoms with van der Waals surface area (Å²) in [5, 5.41) is 14.3. The monoisotopic (exact) mass is 604 g/mol. The van der Waals surface area contributed by atoms with E-state index in [4.69, 9.17) is 14.6 Å². The first-order chi connectivity index (χ1) is 21.9. The van der Waals surface area contributed by atoms with E-state index in [-0.39, 0.29) is 11.3 Å². The molecule has 5 heteroatoms. The van der Waals surface area contributed by atoms with E-state index in [2.05, 4.69) is 124 Å². The van der Waals surface area contributed by atoms with Gasteiger partial charge in [-0.1, -0.05) is 108 Å². The van der Waals surface area contributed by atoms with Crippen molar-refractivity contribution in [2.75, 3.05) is 0 Å². The Morgan fingerprint density at radius 3 is 2.09 bits per heavy atom. The Morgan fingerprint density at radius 1 is 0.783 bits per heavy atom. The maximum absolute atomic E-state index is 10.7. The number of aliphatic imine (C=N–C) groups is 1. The summed E-state index contributed by atoms with van der Waals surface area (Å²) in [6.45, 7) is 14.4. The molecule has 0 spiro atoms. The van der Waals surface area contributed by atoms with Crippen molar-refractivity contribution < 1.29 is 9.76 Å². The molecule has 0 bridgehead atoms. The van der Waals surface area contributed by atoms with E-state index in [0.717, 1.165) is 44.6 Å². The second-order valence-electron chi connectivity index (χ2n) is 14.1. The highest BCUT2D eigenvalue weighted by molar-refractivity contribution is 6.47. The van der Waals surface area contributed by atoms with Gasteiger partial charge in [-0.25, -0.2) is 4.98 Å². The highest BCUT2D eigenvalue weighted by Crippen LogP contribution is 2.55. The van der Waals surface area contributed by atoms with Crippen molar-refractivity contribution in [3.05, 3.63) is 125 Å². The zero-order valence-corrected chi connectivity index (χ0v) is 27.8. The van der Waals surface area contributed by atoms with Crippen molar-refractivity contribution in [3.8, 4) is 11.3 Å². The molecule has 1 aromatic heterocycles. The predicted octanol–water partition coefficient (Wildman–Crippen LogP) is 6.72. The van der Waals surface area contributed by atoms with E-state index < -0.39 is 11.2 Å². The Morgan fingerprint density at radius 2 is 1.41 bits per heavy atom. The van der Waals surface area contributed by atoms with Crippen LogP contribution >= 0.6 is 0 Å². The number of aromatic nitrogens is 1. The van der Waals surface area contributed by atoms with E-state index in [1.165, 1.54) is 27.1 Å². The average molecular weight is 605 g/mol. The molecule has 2 atom stereocenters. The first-order valence-electron chi connectivity index (χ1n) is 16.2. The normalized spacial score (nSPS) is 19.3. The third kappa shape index (κ3) is 4.68. The Hall–Kier alpha value is -4.32. The molecule has 2 heterocycles. The molecule has 0 fully saturated rings. The molecule has 1 N–H and O–H groups in total. The van der Waals surface area contributed by atoms with Crippen LogP contribution in [0.15, 0.2) is 108 Å². The van der Waals surface area contributed by atoms with Gasteiger partial charge >= 0.3 is 7.48 Å². The smallest absolute Gasteiger partial charge is 0.309 e. The van der Waals surface area contributed by atoms with Crippen molar-refractivity contribution in [1.29, 1.82) is 0 Å². The molecule has 5 aromatic rings. The summed E-state index contributed by atoms with van der Waals surface area (Å²) < 4.78 is 6.27. The summed E-state index contributed by atoms with van der Waals surface area (Å²) in [4.78, 5) is 10.8. The molecule has 1 aliphatic carbocycles. The van der Waals surface area contributed by atoms with E-state index in [9.17, 15) is 5.11 Å².